The van der Waals surface area contributed by atoms with Gasteiger partial charge in [0.1, 0.15) is 11.5 Å². The lowest BCUT2D eigenvalue weighted by Crippen LogP contribution is -2.34. The Morgan fingerprint density at radius 1 is 1.33 bits per heavy atom. The van der Waals surface area contributed by atoms with Crippen LogP contribution in [0.2, 0.25) is 0 Å². The molecule has 2 aromatic heterocycles. The molecule has 3 aromatic rings. The van der Waals surface area contributed by atoms with Gasteiger partial charge in [0.15, 0.2) is 0 Å². The molecule has 6 nitrogen and oxygen atoms in total. The molecule has 0 saturated carbocycles. The average Bonchev–Trinajstić information content (AvgIpc) is 3.01. The maximum atomic E-state index is 12.1. The SMILES string of the molecule is CNc1ccc(-c2cc(C#N)cc3cc4n(c23)CCNC4=O)cn1. The Hall–Kier alpha value is -3.33. The summed E-state index contributed by atoms with van der Waals surface area (Å²) in [6.45, 7) is 1.32. The van der Waals surface area contributed by atoms with E-state index in [0.29, 0.717) is 24.3 Å². The topological polar surface area (TPSA) is 82.7 Å². The van der Waals surface area contributed by atoms with Gasteiger partial charge in [-0.2, -0.15) is 5.26 Å². The summed E-state index contributed by atoms with van der Waals surface area (Å²) in [5.41, 5.74) is 4.01. The van der Waals surface area contributed by atoms with Gasteiger partial charge in [-0.1, -0.05) is 0 Å². The summed E-state index contributed by atoms with van der Waals surface area (Å²) in [6.07, 6.45) is 1.78. The van der Waals surface area contributed by atoms with Crippen molar-refractivity contribution in [2.24, 2.45) is 0 Å². The smallest absolute Gasteiger partial charge is 0.268 e. The minimum Gasteiger partial charge on any atom is -0.373 e. The van der Waals surface area contributed by atoms with Crippen LogP contribution in [-0.2, 0) is 6.54 Å². The zero-order valence-corrected chi connectivity index (χ0v) is 13.1. The van der Waals surface area contributed by atoms with Crippen molar-refractivity contribution in [1.82, 2.24) is 14.9 Å². The summed E-state index contributed by atoms with van der Waals surface area (Å²) >= 11 is 0. The van der Waals surface area contributed by atoms with E-state index in [1.807, 2.05) is 41.9 Å². The minimum atomic E-state index is -0.0782. The van der Waals surface area contributed by atoms with E-state index in [2.05, 4.69) is 21.7 Å². The quantitative estimate of drug-likeness (QED) is 0.760. The van der Waals surface area contributed by atoms with Crippen LogP contribution in [0.5, 0.6) is 0 Å². The van der Waals surface area contributed by atoms with E-state index in [-0.39, 0.29) is 5.91 Å². The zero-order chi connectivity index (χ0) is 16.7. The summed E-state index contributed by atoms with van der Waals surface area (Å²) < 4.78 is 2.02. The van der Waals surface area contributed by atoms with E-state index in [4.69, 9.17) is 0 Å². The van der Waals surface area contributed by atoms with Crippen molar-refractivity contribution < 1.29 is 4.79 Å². The zero-order valence-electron chi connectivity index (χ0n) is 13.1. The monoisotopic (exact) mass is 317 g/mol. The van der Waals surface area contributed by atoms with Crippen LogP contribution >= 0.6 is 0 Å². The number of pyridine rings is 1. The Kier molecular flexibility index (Phi) is 3.21. The maximum absolute atomic E-state index is 12.1. The number of amides is 1. The Morgan fingerprint density at radius 2 is 2.21 bits per heavy atom. The molecule has 6 heteroatoms. The lowest BCUT2D eigenvalue weighted by Gasteiger charge is -2.18. The number of nitriles is 1. The average molecular weight is 317 g/mol. The molecule has 0 spiro atoms. The summed E-state index contributed by atoms with van der Waals surface area (Å²) in [5.74, 6) is 0.702. The van der Waals surface area contributed by atoms with Gasteiger partial charge in [0.25, 0.3) is 5.91 Å². The molecule has 0 unspecified atom stereocenters. The van der Waals surface area contributed by atoms with Crippen molar-refractivity contribution in [2.75, 3.05) is 18.9 Å². The molecule has 0 aliphatic carbocycles. The predicted octanol–water partition coefficient (Wildman–Crippen LogP) is 2.36. The number of benzene rings is 1. The Morgan fingerprint density at radius 3 is 2.92 bits per heavy atom. The highest BCUT2D eigenvalue weighted by atomic mass is 16.2. The number of carbonyl (C=O) groups is 1. The number of nitrogens with one attached hydrogen (secondary N) is 2. The lowest BCUT2D eigenvalue weighted by molar-refractivity contribution is 0.0929. The number of hydrogen-bond donors (Lipinski definition) is 2. The normalized spacial score (nSPS) is 13.2. The lowest BCUT2D eigenvalue weighted by atomic mass is 10.0. The van der Waals surface area contributed by atoms with Crippen LogP contribution in [0, 0.1) is 11.3 Å². The van der Waals surface area contributed by atoms with Crippen LogP contribution in [0.15, 0.2) is 36.5 Å². The summed E-state index contributed by atoms with van der Waals surface area (Å²) in [4.78, 5) is 16.5. The van der Waals surface area contributed by atoms with E-state index in [0.717, 1.165) is 27.8 Å². The highest BCUT2D eigenvalue weighted by molar-refractivity contribution is 6.04. The molecule has 1 aliphatic rings. The summed E-state index contributed by atoms with van der Waals surface area (Å²) in [6, 6.07) is 11.6. The first-order valence-corrected chi connectivity index (χ1v) is 7.71. The molecule has 118 valence electrons. The molecular weight excluding hydrogens is 302 g/mol. The molecule has 2 N–H and O–H groups in total. The third-order valence-electron chi connectivity index (χ3n) is 4.31. The number of aromatic nitrogens is 2. The molecule has 0 saturated heterocycles. The fourth-order valence-corrected chi connectivity index (χ4v) is 3.19. The molecule has 24 heavy (non-hydrogen) atoms. The van der Waals surface area contributed by atoms with Gasteiger partial charge >= 0.3 is 0 Å². The Balaban J connectivity index is 2.02. The van der Waals surface area contributed by atoms with Gasteiger partial charge in [0.05, 0.1) is 17.1 Å². The van der Waals surface area contributed by atoms with Crippen LogP contribution in [0.4, 0.5) is 5.82 Å². The number of nitrogens with zero attached hydrogens (tertiary/aromatic N) is 3. The van der Waals surface area contributed by atoms with Crippen molar-refractivity contribution in [3.63, 3.8) is 0 Å². The second kappa shape index (κ2) is 5.39. The van der Waals surface area contributed by atoms with Crippen molar-refractivity contribution in [3.05, 3.63) is 47.8 Å². The highest BCUT2D eigenvalue weighted by Crippen LogP contribution is 2.33. The molecule has 3 heterocycles. The molecule has 0 fully saturated rings. The van der Waals surface area contributed by atoms with E-state index >= 15 is 0 Å². The van der Waals surface area contributed by atoms with E-state index < -0.39 is 0 Å². The number of rotatable bonds is 2. The standard InChI is InChI=1S/C18H15N5O/c1-20-16-3-2-12(10-22-16)14-7-11(9-19)6-13-8-15-18(24)21-4-5-23(15)17(13)14/h2-3,6-8,10H,4-5H2,1H3,(H,20,22)(H,21,24). The number of carbonyl (C=O) groups excluding carboxylic acids is 1. The maximum Gasteiger partial charge on any atom is 0.268 e. The first-order valence-electron chi connectivity index (χ1n) is 7.71. The van der Waals surface area contributed by atoms with Crippen molar-refractivity contribution >= 4 is 22.6 Å². The van der Waals surface area contributed by atoms with Crippen molar-refractivity contribution in [2.45, 2.75) is 6.54 Å². The second-order valence-corrected chi connectivity index (χ2v) is 5.69. The molecule has 1 aromatic carbocycles. The van der Waals surface area contributed by atoms with Gasteiger partial charge in [-0.05, 0) is 30.3 Å². The highest BCUT2D eigenvalue weighted by Gasteiger charge is 2.22. The van der Waals surface area contributed by atoms with Gasteiger partial charge in [0, 0.05) is 42.8 Å². The first kappa shape index (κ1) is 14.3. The fraction of sp³-hybridized carbons (Fsp3) is 0.167. The third-order valence-corrected chi connectivity index (χ3v) is 4.31. The molecule has 1 amide bonds. The predicted molar refractivity (Wildman–Crippen MR) is 91.8 cm³/mol. The van der Waals surface area contributed by atoms with E-state index in [1.165, 1.54) is 0 Å². The van der Waals surface area contributed by atoms with Crippen LogP contribution in [0.25, 0.3) is 22.0 Å². The summed E-state index contributed by atoms with van der Waals surface area (Å²) in [5, 5.41) is 16.1. The number of hydrogen-bond acceptors (Lipinski definition) is 4. The molecule has 4 rings (SSSR count). The largest absolute Gasteiger partial charge is 0.373 e. The van der Waals surface area contributed by atoms with Gasteiger partial charge < -0.3 is 15.2 Å². The van der Waals surface area contributed by atoms with Gasteiger partial charge in [-0.15, -0.1) is 0 Å². The fourth-order valence-electron chi connectivity index (χ4n) is 3.19. The molecule has 0 radical (unpaired) electrons. The third kappa shape index (κ3) is 2.10. The summed E-state index contributed by atoms with van der Waals surface area (Å²) in [7, 11) is 1.82. The van der Waals surface area contributed by atoms with E-state index in [1.54, 1.807) is 6.20 Å². The van der Waals surface area contributed by atoms with Gasteiger partial charge in [0.2, 0.25) is 0 Å². The second-order valence-electron chi connectivity index (χ2n) is 5.69. The minimum absolute atomic E-state index is 0.0782. The molecule has 1 aliphatic heterocycles. The molecular formula is C18H15N5O. The Bertz CT molecular complexity index is 995. The van der Waals surface area contributed by atoms with Crippen LogP contribution in [-0.4, -0.2) is 29.1 Å². The van der Waals surface area contributed by atoms with Crippen molar-refractivity contribution in [1.29, 1.82) is 5.26 Å². The van der Waals surface area contributed by atoms with Gasteiger partial charge in [-0.3, -0.25) is 4.79 Å². The number of anilines is 1. The van der Waals surface area contributed by atoms with E-state index in [9.17, 15) is 10.1 Å². The van der Waals surface area contributed by atoms with Crippen LogP contribution in [0.1, 0.15) is 16.1 Å². The number of fused-ring (bicyclic) bond motifs is 3. The van der Waals surface area contributed by atoms with Gasteiger partial charge in [-0.25, -0.2) is 4.98 Å². The molecule has 0 atom stereocenters. The molecule has 0 bridgehead atoms. The Labute approximate surface area is 138 Å². The van der Waals surface area contributed by atoms with Crippen molar-refractivity contribution in [3.8, 4) is 17.2 Å². The first-order chi connectivity index (χ1) is 11.7. The van der Waals surface area contributed by atoms with Crippen LogP contribution in [0.3, 0.4) is 0 Å². The van der Waals surface area contributed by atoms with Crippen LogP contribution < -0.4 is 10.6 Å².